The van der Waals surface area contributed by atoms with Gasteiger partial charge >= 0.3 is 0 Å². The van der Waals surface area contributed by atoms with Crippen molar-refractivity contribution in [2.45, 2.75) is 39.0 Å². The molecule has 0 aromatic carbocycles. The van der Waals surface area contributed by atoms with E-state index in [4.69, 9.17) is 0 Å². The summed E-state index contributed by atoms with van der Waals surface area (Å²) < 4.78 is 0. The molecule has 1 aliphatic rings. The number of nitrogens with one attached hydrogen (secondary N) is 1. The van der Waals surface area contributed by atoms with Crippen LogP contribution in [0.4, 0.5) is 0 Å². The van der Waals surface area contributed by atoms with Crippen molar-refractivity contribution in [3.63, 3.8) is 0 Å². The molecule has 2 heteroatoms. The molecular weight excluding hydrogens is 208 g/mol. The van der Waals surface area contributed by atoms with Gasteiger partial charge < -0.3 is 5.32 Å². The van der Waals surface area contributed by atoms with Crippen LogP contribution in [-0.4, -0.2) is 18.1 Å². The van der Waals surface area contributed by atoms with Crippen LogP contribution >= 0.6 is 0 Å². The van der Waals surface area contributed by atoms with Crippen molar-refractivity contribution >= 4 is 0 Å². The van der Waals surface area contributed by atoms with Crippen molar-refractivity contribution in [3.8, 4) is 0 Å². The normalized spacial score (nSPS) is 24.8. The van der Waals surface area contributed by atoms with E-state index < -0.39 is 0 Å². The molecule has 0 bridgehead atoms. The maximum atomic E-state index is 4.22. The summed E-state index contributed by atoms with van der Waals surface area (Å²) in [5.74, 6) is 1.72. The lowest BCUT2D eigenvalue weighted by Crippen LogP contribution is -2.31. The van der Waals surface area contributed by atoms with Crippen molar-refractivity contribution in [3.05, 3.63) is 30.1 Å². The highest BCUT2D eigenvalue weighted by Crippen LogP contribution is 2.32. The molecule has 1 saturated carbocycles. The van der Waals surface area contributed by atoms with E-state index >= 15 is 0 Å². The van der Waals surface area contributed by atoms with Crippen LogP contribution in [0.15, 0.2) is 24.5 Å². The van der Waals surface area contributed by atoms with Crippen LogP contribution in [0.1, 0.15) is 38.2 Å². The number of nitrogens with zero attached hydrogens (tertiary/aromatic N) is 1. The van der Waals surface area contributed by atoms with Crippen LogP contribution < -0.4 is 5.32 Å². The molecule has 0 aliphatic heterocycles. The molecule has 1 heterocycles. The summed E-state index contributed by atoms with van der Waals surface area (Å²) in [6.07, 6.45) is 10.7. The van der Waals surface area contributed by atoms with Gasteiger partial charge in [0.1, 0.15) is 0 Å². The predicted octanol–water partition coefficient (Wildman–Crippen LogP) is 3.04. The molecule has 0 spiro atoms. The first-order valence-electron chi connectivity index (χ1n) is 6.99. The van der Waals surface area contributed by atoms with Crippen molar-refractivity contribution in [2.24, 2.45) is 11.8 Å². The van der Waals surface area contributed by atoms with E-state index in [1.54, 1.807) is 0 Å². The van der Waals surface area contributed by atoms with Gasteiger partial charge in [-0.25, -0.2) is 0 Å². The van der Waals surface area contributed by atoms with Gasteiger partial charge in [-0.05, 0) is 55.8 Å². The van der Waals surface area contributed by atoms with Gasteiger partial charge in [-0.15, -0.1) is 0 Å². The Labute approximate surface area is 105 Å². The third-order valence-corrected chi connectivity index (χ3v) is 3.94. The second kappa shape index (κ2) is 6.75. The second-order valence-corrected chi connectivity index (χ2v) is 5.18. The van der Waals surface area contributed by atoms with E-state index in [0.717, 1.165) is 18.4 Å². The highest BCUT2D eigenvalue weighted by molar-refractivity contribution is 5.09. The molecule has 0 amide bonds. The molecule has 0 saturated heterocycles. The minimum atomic E-state index is 0.854. The molecule has 1 aliphatic carbocycles. The van der Waals surface area contributed by atoms with Crippen LogP contribution in [0, 0.1) is 11.8 Å². The van der Waals surface area contributed by atoms with Gasteiger partial charge in [0.2, 0.25) is 0 Å². The maximum Gasteiger partial charge on any atom is 0.0299 e. The zero-order chi connectivity index (χ0) is 11.9. The minimum Gasteiger partial charge on any atom is -0.317 e. The number of hydrogen-bond donors (Lipinski definition) is 1. The first-order chi connectivity index (χ1) is 8.40. The fraction of sp³-hybridized carbons (Fsp3) is 0.667. The second-order valence-electron chi connectivity index (χ2n) is 5.18. The van der Waals surface area contributed by atoms with Crippen LogP contribution in [0.25, 0.3) is 0 Å². The van der Waals surface area contributed by atoms with Crippen LogP contribution in [0.3, 0.4) is 0 Å². The summed E-state index contributed by atoms with van der Waals surface area (Å²) in [7, 11) is 0. The SMILES string of the molecule is CCNCC1CCCCC1Cc1cccnc1. The summed E-state index contributed by atoms with van der Waals surface area (Å²) in [4.78, 5) is 4.22. The topological polar surface area (TPSA) is 24.9 Å². The fourth-order valence-corrected chi connectivity index (χ4v) is 2.97. The standard InChI is InChI=1S/C15H24N2/c1-2-16-12-15-8-4-3-7-14(15)10-13-6-5-9-17-11-13/h5-6,9,11,14-16H,2-4,7-8,10,12H2,1H3. The predicted molar refractivity (Wildman–Crippen MR) is 71.9 cm³/mol. The Bertz CT molecular complexity index is 310. The van der Waals surface area contributed by atoms with Crippen LogP contribution in [0.5, 0.6) is 0 Å². The molecule has 1 aromatic rings. The lowest BCUT2D eigenvalue weighted by molar-refractivity contribution is 0.229. The summed E-state index contributed by atoms with van der Waals surface area (Å²) >= 11 is 0. The molecule has 94 valence electrons. The van der Waals surface area contributed by atoms with E-state index in [1.807, 2.05) is 12.4 Å². The molecular formula is C15H24N2. The van der Waals surface area contributed by atoms with Gasteiger partial charge in [0, 0.05) is 12.4 Å². The average molecular weight is 232 g/mol. The summed E-state index contributed by atoms with van der Waals surface area (Å²) in [6.45, 7) is 4.48. The van der Waals surface area contributed by atoms with E-state index in [-0.39, 0.29) is 0 Å². The summed E-state index contributed by atoms with van der Waals surface area (Å²) in [6, 6.07) is 4.27. The quantitative estimate of drug-likeness (QED) is 0.844. The Balaban J connectivity index is 1.92. The largest absolute Gasteiger partial charge is 0.317 e. The van der Waals surface area contributed by atoms with E-state index in [9.17, 15) is 0 Å². The average Bonchev–Trinajstić information content (AvgIpc) is 2.39. The third-order valence-electron chi connectivity index (χ3n) is 3.94. The Kier molecular flexibility index (Phi) is 4.99. The molecule has 1 aromatic heterocycles. The molecule has 1 N–H and O–H groups in total. The Morgan fingerprint density at radius 2 is 2.12 bits per heavy atom. The van der Waals surface area contributed by atoms with Crippen LogP contribution in [0.2, 0.25) is 0 Å². The number of rotatable bonds is 5. The highest BCUT2D eigenvalue weighted by atomic mass is 14.8. The number of aromatic nitrogens is 1. The van der Waals surface area contributed by atoms with Gasteiger partial charge in [-0.2, -0.15) is 0 Å². The van der Waals surface area contributed by atoms with Gasteiger partial charge in [0.05, 0.1) is 0 Å². The Morgan fingerprint density at radius 3 is 2.82 bits per heavy atom. The third kappa shape index (κ3) is 3.81. The minimum absolute atomic E-state index is 0.854. The monoisotopic (exact) mass is 232 g/mol. The zero-order valence-corrected chi connectivity index (χ0v) is 10.9. The smallest absolute Gasteiger partial charge is 0.0299 e. The molecule has 1 fully saturated rings. The number of hydrogen-bond acceptors (Lipinski definition) is 2. The first-order valence-corrected chi connectivity index (χ1v) is 6.99. The van der Waals surface area contributed by atoms with Crippen LogP contribution in [-0.2, 0) is 6.42 Å². The lowest BCUT2D eigenvalue weighted by atomic mass is 9.76. The Morgan fingerprint density at radius 1 is 1.29 bits per heavy atom. The van der Waals surface area contributed by atoms with Crippen molar-refractivity contribution in [1.29, 1.82) is 0 Å². The zero-order valence-electron chi connectivity index (χ0n) is 10.9. The van der Waals surface area contributed by atoms with Crippen molar-refractivity contribution in [1.82, 2.24) is 10.3 Å². The van der Waals surface area contributed by atoms with E-state index in [1.165, 1.54) is 44.2 Å². The Hall–Kier alpha value is -0.890. The summed E-state index contributed by atoms with van der Waals surface area (Å²) in [5, 5.41) is 3.52. The van der Waals surface area contributed by atoms with E-state index in [2.05, 4.69) is 29.4 Å². The fourth-order valence-electron chi connectivity index (χ4n) is 2.97. The molecule has 2 atom stereocenters. The molecule has 0 radical (unpaired) electrons. The number of pyridine rings is 1. The first kappa shape index (κ1) is 12.6. The maximum absolute atomic E-state index is 4.22. The highest BCUT2D eigenvalue weighted by Gasteiger charge is 2.24. The summed E-state index contributed by atoms with van der Waals surface area (Å²) in [5.41, 5.74) is 1.40. The van der Waals surface area contributed by atoms with Crippen molar-refractivity contribution in [2.75, 3.05) is 13.1 Å². The van der Waals surface area contributed by atoms with Gasteiger partial charge in [-0.1, -0.05) is 25.8 Å². The van der Waals surface area contributed by atoms with E-state index in [0.29, 0.717) is 0 Å². The molecule has 17 heavy (non-hydrogen) atoms. The van der Waals surface area contributed by atoms with Crippen molar-refractivity contribution < 1.29 is 0 Å². The lowest BCUT2D eigenvalue weighted by Gasteiger charge is -2.31. The van der Waals surface area contributed by atoms with Gasteiger partial charge in [-0.3, -0.25) is 4.98 Å². The van der Waals surface area contributed by atoms with Gasteiger partial charge in [0.25, 0.3) is 0 Å². The molecule has 2 rings (SSSR count). The molecule has 2 unspecified atom stereocenters. The molecule has 2 nitrogen and oxygen atoms in total. The van der Waals surface area contributed by atoms with Gasteiger partial charge in [0.15, 0.2) is 0 Å².